The average Bonchev–Trinajstić information content (AvgIpc) is 2.38. The summed E-state index contributed by atoms with van der Waals surface area (Å²) >= 11 is 0. The number of rotatable bonds is 4. The molecule has 0 saturated heterocycles. The molecule has 0 amide bonds. The van der Waals surface area contributed by atoms with Gasteiger partial charge in [-0.05, 0) is 38.8 Å². The molecule has 1 aliphatic carbocycles. The predicted octanol–water partition coefficient (Wildman–Crippen LogP) is 3.35. The van der Waals surface area contributed by atoms with E-state index in [2.05, 4.69) is 0 Å². The maximum absolute atomic E-state index is 12.5. The molecule has 19 heavy (non-hydrogen) atoms. The fourth-order valence-corrected chi connectivity index (χ4v) is 2.62. The van der Waals surface area contributed by atoms with Gasteiger partial charge in [0.25, 0.3) is 0 Å². The third-order valence-corrected chi connectivity index (χ3v) is 3.57. The van der Waals surface area contributed by atoms with E-state index in [1.807, 2.05) is 19.9 Å². The Morgan fingerprint density at radius 2 is 1.95 bits per heavy atom. The Balaban J connectivity index is 2.18. The summed E-state index contributed by atoms with van der Waals surface area (Å²) in [5, 5.41) is 10.5. The fraction of sp³-hybridized carbons (Fsp3) is 0.562. The predicted molar refractivity (Wildman–Crippen MR) is 74.6 cm³/mol. The van der Waals surface area contributed by atoms with Crippen LogP contribution in [0.5, 0.6) is 5.75 Å². The molecule has 1 saturated carbocycles. The van der Waals surface area contributed by atoms with Crippen molar-refractivity contribution < 1.29 is 14.6 Å². The van der Waals surface area contributed by atoms with Crippen LogP contribution in [0.15, 0.2) is 24.3 Å². The zero-order valence-corrected chi connectivity index (χ0v) is 11.7. The second kappa shape index (κ2) is 5.74. The summed E-state index contributed by atoms with van der Waals surface area (Å²) < 4.78 is 5.59. The highest BCUT2D eigenvalue weighted by Gasteiger charge is 2.37. The molecule has 0 spiro atoms. The van der Waals surface area contributed by atoms with Crippen LogP contribution in [0.2, 0.25) is 0 Å². The van der Waals surface area contributed by atoms with E-state index < -0.39 is 5.60 Å². The zero-order valence-electron chi connectivity index (χ0n) is 11.7. The number of ketones is 1. The van der Waals surface area contributed by atoms with Crippen molar-refractivity contribution in [2.45, 2.75) is 57.7 Å². The maximum atomic E-state index is 12.5. The topological polar surface area (TPSA) is 46.5 Å². The van der Waals surface area contributed by atoms with Crippen LogP contribution < -0.4 is 4.74 Å². The van der Waals surface area contributed by atoms with Crippen molar-refractivity contribution >= 4 is 5.78 Å². The maximum Gasteiger partial charge on any atom is 0.194 e. The molecule has 0 bridgehead atoms. The Kier molecular flexibility index (Phi) is 4.25. The molecular weight excluding hydrogens is 240 g/mol. The standard InChI is InChI=1S/C16H22O3/c1-12(2)19-14-8-6-7-13(11-14)15(17)16(18)9-4-3-5-10-16/h6-8,11-12,18H,3-5,9-10H2,1-2H3. The number of aliphatic hydroxyl groups is 1. The molecule has 104 valence electrons. The Bertz CT molecular complexity index is 445. The van der Waals surface area contributed by atoms with Gasteiger partial charge in [-0.25, -0.2) is 0 Å². The zero-order chi connectivity index (χ0) is 13.9. The minimum absolute atomic E-state index is 0.0723. The summed E-state index contributed by atoms with van der Waals surface area (Å²) in [6.07, 6.45) is 4.16. The number of carbonyl (C=O) groups is 1. The smallest absolute Gasteiger partial charge is 0.194 e. The van der Waals surface area contributed by atoms with Gasteiger partial charge in [-0.1, -0.05) is 31.4 Å². The summed E-state index contributed by atoms with van der Waals surface area (Å²) in [6, 6.07) is 7.12. The number of Topliss-reactive ketones (excluding diaryl/α,β-unsaturated/α-hetero) is 1. The highest BCUT2D eigenvalue weighted by molar-refractivity contribution is 6.02. The van der Waals surface area contributed by atoms with Crippen LogP contribution in [0.1, 0.15) is 56.3 Å². The molecule has 0 unspecified atom stereocenters. The number of hydrogen-bond donors (Lipinski definition) is 1. The molecule has 0 aromatic heterocycles. The molecule has 1 fully saturated rings. The van der Waals surface area contributed by atoms with Crippen LogP contribution in [0, 0.1) is 0 Å². The van der Waals surface area contributed by atoms with E-state index in [0.29, 0.717) is 24.2 Å². The fourth-order valence-electron chi connectivity index (χ4n) is 2.62. The van der Waals surface area contributed by atoms with Crippen molar-refractivity contribution in [3.63, 3.8) is 0 Å². The molecule has 0 aliphatic heterocycles. The third-order valence-electron chi connectivity index (χ3n) is 3.57. The molecule has 1 aliphatic rings. The van der Waals surface area contributed by atoms with E-state index in [1.165, 1.54) is 0 Å². The summed E-state index contributed by atoms with van der Waals surface area (Å²) in [5.41, 5.74) is -0.628. The summed E-state index contributed by atoms with van der Waals surface area (Å²) in [7, 11) is 0. The number of ether oxygens (including phenoxy) is 1. The number of carbonyl (C=O) groups excluding carboxylic acids is 1. The minimum Gasteiger partial charge on any atom is -0.491 e. The monoisotopic (exact) mass is 262 g/mol. The van der Waals surface area contributed by atoms with Gasteiger partial charge in [-0.15, -0.1) is 0 Å². The highest BCUT2D eigenvalue weighted by Crippen LogP contribution is 2.31. The van der Waals surface area contributed by atoms with Crippen molar-refractivity contribution in [3.05, 3.63) is 29.8 Å². The van der Waals surface area contributed by atoms with Crippen molar-refractivity contribution in [1.29, 1.82) is 0 Å². The van der Waals surface area contributed by atoms with Crippen LogP contribution in [0.25, 0.3) is 0 Å². The molecule has 1 aromatic carbocycles. The summed E-state index contributed by atoms with van der Waals surface area (Å²) in [6.45, 7) is 3.90. The van der Waals surface area contributed by atoms with Crippen molar-refractivity contribution in [1.82, 2.24) is 0 Å². The molecule has 3 nitrogen and oxygen atoms in total. The lowest BCUT2D eigenvalue weighted by Crippen LogP contribution is -2.40. The molecule has 2 rings (SSSR count). The van der Waals surface area contributed by atoms with Crippen LogP contribution in [-0.4, -0.2) is 22.6 Å². The minimum atomic E-state index is -1.17. The Hall–Kier alpha value is -1.35. The molecular formula is C16H22O3. The van der Waals surface area contributed by atoms with Gasteiger partial charge >= 0.3 is 0 Å². The van der Waals surface area contributed by atoms with Crippen molar-refractivity contribution in [3.8, 4) is 5.75 Å². The molecule has 1 N–H and O–H groups in total. The van der Waals surface area contributed by atoms with Crippen LogP contribution in [-0.2, 0) is 0 Å². The summed E-state index contributed by atoms with van der Waals surface area (Å²) in [5.74, 6) is 0.515. The van der Waals surface area contributed by atoms with Gasteiger partial charge in [0.1, 0.15) is 11.4 Å². The van der Waals surface area contributed by atoms with E-state index in [-0.39, 0.29) is 11.9 Å². The second-order valence-corrected chi connectivity index (χ2v) is 5.62. The number of benzene rings is 1. The molecule has 3 heteroatoms. The van der Waals surface area contributed by atoms with Crippen molar-refractivity contribution in [2.75, 3.05) is 0 Å². The van der Waals surface area contributed by atoms with Gasteiger partial charge in [0.05, 0.1) is 6.10 Å². The molecule has 0 atom stereocenters. The Morgan fingerprint density at radius 3 is 2.58 bits per heavy atom. The lowest BCUT2D eigenvalue weighted by atomic mass is 9.79. The van der Waals surface area contributed by atoms with Crippen LogP contribution in [0.4, 0.5) is 0 Å². The van der Waals surface area contributed by atoms with Gasteiger partial charge in [0.2, 0.25) is 0 Å². The molecule has 1 aromatic rings. The summed E-state index contributed by atoms with van der Waals surface area (Å²) in [4.78, 5) is 12.5. The lowest BCUT2D eigenvalue weighted by Gasteiger charge is -2.30. The van der Waals surface area contributed by atoms with E-state index in [1.54, 1.807) is 18.2 Å². The average molecular weight is 262 g/mol. The van der Waals surface area contributed by atoms with Crippen LogP contribution in [0.3, 0.4) is 0 Å². The first-order valence-corrected chi connectivity index (χ1v) is 7.05. The van der Waals surface area contributed by atoms with Gasteiger partial charge in [0, 0.05) is 5.56 Å². The Labute approximate surface area is 114 Å². The van der Waals surface area contributed by atoms with Crippen LogP contribution >= 0.6 is 0 Å². The lowest BCUT2D eigenvalue weighted by molar-refractivity contribution is 0.0116. The third kappa shape index (κ3) is 3.35. The Morgan fingerprint density at radius 1 is 1.26 bits per heavy atom. The highest BCUT2D eigenvalue weighted by atomic mass is 16.5. The van der Waals surface area contributed by atoms with E-state index in [0.717, 1.165) is 19.3 Å². The van der Waals surface area contributed by atoms with Gasteiger partial charge in [0.15, 0.2) is 5.78 Å². The molecule has 0 heterocycles. The first-order valence-electron chi connectivity index (χ1n) is 7.05. The van der Waals surface area contributed by atoms with E-state index in [4.69, 9.17) is 4.74 Å². The second-order valence-electron chi connectivity index (χ2n) is 5.62. The largest absolute Gasteiger partial charge is 0.491 e. The van der Waals surface area contributed by atoms with E-state index in [9.17, 15) is 9.90 Å². The van der Waals surface area contributed by atoms with Gasteiger partial charge < -0.3 is 9.84 Å². The van der Waals surface area contributed by atoms with Gasteiger partial charge in [-0.3, -0.25) is 4.79 Å². The van der Waals surface area contributed by atoms with Gasteiger partial charge in [-0.2, -0.15) is 0 Å². The van der Waals surface area contributed by atoms with Crippen molar-refractivity contribution in [2.24, 2.45) is 0 Å². The number of hydrogen-bond acceptors (Lipinski definition) is 3. The SMILES string of the molecule is CC(C)Oc1cccc(C(=O)C2(O)CCCCC2)c1. The van der Waals surface area contributed by atoms with E-state index >= 15 is 0 Å². The normalized spacial score (nSPS) is 18.3. The molecule has 0 radical (unpaired) electrons. The quantitative estimate of drug-likeness (QED) is 0.846. The first kappa shape index (κ1) is 14.1. The first-order chi connectivity index (χ1) is 9.01.